The summed E-state index contributed by atoms with van der Waals surface area (Å²) in [5.74, 6) is -0.0307. The van der Waals surface area contributed by atoms with Crippen LogP contribution < -0.4 is 0 Å². The maximum atomic E-state index is 11.9. The maximum absolute atomic E-state index is 11.9. The highest BCUT2D eigenvalue weighted by atomic mass is 16.6. The van der Waals surface area contributed by atoms with Crippen molar-refractivity contribution in [3.63, 3.8) is 0 Å². The number of carbonyl (C=O) groups excluding carboxylic acids is 1. The van der Waals surface area contributed by atoms with Crippen LogP contribution in [0.5, 0.6) is 0 Å². The van der Waals surface area contributed by atoms with Crippen LogP contribution in [0, 0.1) is 0 Å². The smallest absolute Gasteiger partial charge is 0.306 e. The van der Waals surface area contributed by atoms with Crippen LogP contribution in [0.2, 0.25) is 0 Å². The number of ether oxygens (including phenoxy) is 2. The van der Waals surface area contributed by atoms with Gasteiger partial charge in [-0.2, -0.15) is 0 Å². The molecule has 0 bridgehead atoms. The Labute approximate surface area is 137 Å². The molecule has 1 aliphatic rings. The van der Waals surface area contributed by atoms with E-state index in [2.05, 4.69) is 6.92 Å². The summed E-state index contributed by atoms with van der Waals surface area (Å²) in [5.41, 5.74) is 0. The zero-order chi connectivity index (χ0) is 16.0. The number of methoxy groups -OCH3 is 1. The lowest BCUT2D eigenvalue weighted by Gasteiger charge is -2.29. The van der Waals surface area contributed by atoms with Gasteiger partial charge < -0.3 is 9.47 Å². The molecule has 0 aromatic carbocycles. The van der Waals surface area contributed by atoms with Gasteiger partial charge in [0.1, 0.15) is 6.10 Å². The second-order valence-corrected chi connectivity index (χ2v) is 6.67. The summed E-state index contributed by atoms with van der Waals surface area (Å²) in [4.78, 5) is 11.9. The molecule has 0 heterocycles. The van der Waals surface area contributed by atoms with Crippen molar-refractivity contribution in [3.8, 4) is 0 Å². The first kappa shape index (κ1) is 19.5. The third-order valence-electron chi connectivity index (χ3n) is 4.71. The van der Waals surface area contributed by atoms with Gasteiger partial charge in [0, 0.05) is 13.5 Å². The van der Waals surface area contributed by atoms with Crippen molar-refractivity contribution in [2.45, 2.75) is 109 Å². The molecular weight excluding hydrogens is 276 g/mol. The fourth-order valence-electron chi connectivity index (χ4n) is 3.28. The number of esters is 1. The molecule has 0 amide bonds. The van der Waals surface area contributed by atoms with E-state index in [-0.39, 0.29) is 18.2 Å². The monoisotopic (exact) mass is 312 g/mol. The van der Waals surface area contributed by atoms with Crippen molar-refractivity contribution in [2.24, 2.45) is 0 Å². The van der Waals surface area contributed by atoms with Crippen molar-refractivity contribution in [2.75, 3.05) is 7.11 Å². The van der Waals surface area contributed by atoms with Crippen LogP contribution in [0.25, 0.3) is 0 Å². The van der Waals surface area contributed by atoms with Crippen molar-refractivity contribution in [1.29, 1.82) is 0 Å². The molecule has 0 saturated heterocycles. The van der Waals surface area contributed by atoms with Gasteiger partial charge in [0.05, 0.1) is 6.10 Å². The van der Waals surface area contributed by atoms with Gasteiger partial charge in [-0.3, -0.25) is 4.79 Å². The van der Waals surface area contributed by atoms with Gasteiger partial charge in [0.25, 0.3) is 0 Å². The SMILES string of the molecule is CCCCCCCCCCCC(=O)OC1CCCCC1OC. The minimum atomic E-state index is -0.0307. The van der Waals surface area contributed by atoms with Crippen LogP contribution in [-0.4, -0.2) is 25.3 Å². The number of carbonyl (C=O) groups is 1. The molecule has 0 aromatic rings. The average molecular weight is 312 g/mol. The minimum Gasteiger partial charge on any atom is -0.460 e. The normalized spacial score (nSPS) is 21.7. The Morgan fingerprint density at radius 2 is 1.41 bits per heavy atom. The summed E-state index contributed by atoms with van der Waals surface area (Å²) in [6, 6.07) is 0. The number of rotatable bonds is 12. The molecule has 0 radical (unpaired) electrons. The topological polar surface area (TPSA) is 35.5 Å². The molecule has 2 unspecified atom stereocenters. The Kier molecular flexibility index (Phi) is 11.4. The van der Waals surface area contributed by atoms with Crippen molar-refractivity contribution in [1.82, 2.24) is 0 Å². The van der Waals surface area contributed by atoms with Crippen LogP contribution in [0.1, 0.15) is 96.8 Å². The summed E-state index contributed by atoms with van der Waals surface area (Å²) in [5, 5.41) is 0. The second-order valence-electron chi connectivity index (χ2n) is 6.67. The van der Waals surface area contributed by atoms with Gasteiger partial charge in [0.2, 0.25) is 0 Å². The van der Waals surface area contributed by atoms with Crippen molar-refractivity contribution in [3.05, 3.63) is 0 Å². The molecule has 0 spiro atoms. The van der Waals surface area contributed by atoms with Gasteiger partial charge in [-0.05, 0) is 25.7 Å². The molecule has 0 aliphatic heterocycles. The van der Waals surface area contributed by atoms with Gasteiger partial charge in [0.15, 0.2) is 0 Å². The third kappa shape index (κ3) is 8.77. The Bertz CT molecular complexity index is 278. The first-order chi connectivity index (χ1) is 10.8. The summed E-state index contributed by atoms with van der Waals surface area (Å²) in [7, 11) is 1.72. The van der Waals surface area contributed by atoms with Crippen molar-refractivity contribution < 1.29 is 14.3 Å². The van der Waals surface area contributed by atoms with E-state index in [0.29, 0.717) is 6.42 Å². The lowest BCUT2D eigenvalue weighted by Crippen LogP contribution is -2.35. The Morgan fingerprint density at radius 1 is 0.864 bits per heavy atom. The highest BCUT2D eigenvalue weighted by Gasteiger charge is 2.27. The van der Waals surface area contributed by atoms with Gasteiger partial charge >= 0.3 is 5.97 Å². The summed E-state index contributed by atoms with van der Waals surface area (Å²) < 4.78 is 11.0. The highest BCUT2D eigenvalue weighted by Crippen LogP contribution is 2.24. The maximum Gasteiger partial charge on any atom is 0.306 e. The predicted molar refractivity (Wildman–Crippen MR) is 91.0 cm³/mol. The molecule has 0 aromatic heterocycles. The quantitative estimate of drug-likeness (QED) is 0.357. The Balaban J connectivity index is 1.97. The molecule has 22 heavy (non-hydrogen) atoms. The molecule has 1 saturated carbocycles. The summed E-state index contributed by atoms with van der Waals surface area (Å²) in [6.07, 6.45) is 16.5. The molecule has 1 fully saturated rings. The molecule has 1 aliphatic carbocycles. The van der Waals surface area contributed by atoms with E-state index in [9.17, 15) is 4.79 Å². The fourth-order valence-corrected chi connectivity index (χ4v) is 3.28. The predicted octanol–water partition coefficient (Wildman–Crippen LogP) is 5.41. The van der Waals surface area contributed by atoms with Gasteiger partial charge in [-0.1, -0.05) is 64.7 Å². The Morgan fingerprint density at radius 3 is 2.00 bits per heavy atom. The molecule has 3 heteroatoms. The lowest BCUT2D eigenvalue weighted by atomic mass is 9.94. The standard InChI is InChI=1S/C19H36O3/c1-3-4-5-6-7-8-9-10-11-16-19(20)22-18-15-13-12-14-17(18)21-2/h17-18H,3-16H2,1-2H3. The van der Waals surface area contributed by atoms with Gasteiger partial charge in [-0.15, -0.1) is 0 Å². The number of hydrogen-bond acceptors (Lipinski definition) is 3. The van der Waals surface area contributed by atoms with E-state index < -0.39 is 0 Å². The van der Waals surface area contributed by atoms with E-state index in [0.717, 1.165) is 32.1 Å². The van der Waals surface area contributed by atoms with E-state index in [1.54, 1.807) is 7.11 Å². The van der Waals surface area contributed by atoms with Crippen LogP contribution >= 0.6 is 0 Å². The first-order valence-corrected chi connectivity index (χ1v) is 9.50. The van der Waals surface area contributed by atoms with Crippen molar-refractivity contribution >= 4 is 5.97 Å². The van der Waals surface area contributed by atoms with Gasteiger partial charge in [-0.25, -0.2) is 0 Å². The first-order valence-electron chi connectivity index (χ1n) is 9.50. The summed E-state index contributed by atoms with van der Waals surface area (Å²) in [6.45, 7) is 2.25. The second kappa shape index (κ2) is 12.9. The zero-order valence-electron chi connectivity index (χ0n) is 14.8. The molecule has 130 valence electrons. The summed E-state index contributed by atoms with van der Waals surface area (Å²) >= 11 is 0. The molecule has 1 rings (SSSR count). The molecule has 0 N–H and O–H groups in total. The van der Waals surface area contributed by atoms with E-state index in [1.807, 2.05) is 0 Å². The lowest BCUT2D eigenvalue weighted by molar-refractivity contribution is -0.159. The number of hydrogen-bond donors (Lipinski definition) is 0. The average Bonchev–Trinajstić information content (AvgIpc) is 2.54. The van der Waals surface area contributed by atoms with E-state index in [1.165, 1.54) is 51.4 Å². The zero-order valence-corrected chi connectivity index (χ0v) is 14.8. The highest BCUT2D eigenvalue weighted by molar-refractivity contribution is 5.69. The van der Waals surface area contributed by atoms with E-state index >= 15 is 0 Å². The van der Waals surface area contributed by atoms with E-state index in [4.69, 9.17) is 9.47 Å². The van der Waals surface area contributed by atoms with Crippen LogP contribution in [0.3, 0.4) is 0 Å². The molecule has 3 nitrogen and oxygen atoms in total. The molecular formula is C19H36O3. The fraction of sp³-hybridized carbons (Fsp3) is 0.947. The Hall–Kier alpha value is -0.570. The van der Waals surface area contributed by atoms with Crippen LogP contribution in [0.4, 0.5) is 0 Å². The number of unbranched alkanes of at least 4 members (excludes halogenated alkanes) is 8. The minimum absolute atomic E-state index is 0.00943. The third-order valence-corrected chi connectivity index (χ3v) is 4.71. The van der Waals surface area contributed by atoms with Crippen LogP contribution in [-0.2, 0) is 14.3 Å². The largest absolute Gasteiger partial charge is 0.460 e. The molecule has 2 atom stereocenters. The van der Waals surface area contributed by atoms with Crippen LogP contribution in [0.15, 0.2) is 0 Å².